The number of hydrogen-bond donors (Lipinski definition) is 3. The van der Waals surface area contributed by atoms with E-state index in [1.54, 1.807) is 24.4 Å². The number of rotatable bonds is 8. The minimum atomic E-state index is -4.42. The van der Waals surface area contributed by atoms with Gasteiger partial charge in [0.25, 0.3) is 5.91 Å². The van der Waals surface area contributed by atoms with E-state index in [-0.39, 0.29) is 24.6 Å². The van der Waals surface area contributed by atoms with Crippen molar-refractivity contribution in [1.29, 1.82) is 0 Å². The molecule has 202 valence electrons. The molecule has 0 radical (unpaired) electrons. The number of aromatic carboxylic acids is 1. The van der Waals surface area contributed by atoms with Gasteiger partial charge in [-0.2, -0.15) is 13.2 Å². The van der Waals surface area contributed by atoms with Crippen LogP contribution in [0.4, 0.5) is 24.5 Å². The SMILES string of the molecule is O=C(O)c1ccc(CNC(=O)c2ccc(Nc3ccccc3)c3ccn(Cc4ccc(C(F)(F)F)cc4)c23)cc1. The molecule has 0 spiro atoms. The Morgan fingerprint density at radius 3 is 2.12 bits per heavy atom. The maximum atomic E-state index is 13.4. The predicted molar refractivity (Wildman–Crippen MR) is 147 cm³/mol. The quantitative estimate of drug-likeness (QED) is 0.195. The molecule has 4 aromatic carbocycles. The largest absolute Gasteiger partial charge is 0.478 e. The van der Waals surface area contributed by atoms with Crippen molar-refractivity contribution in [3.05, 3.63) is 131 Å². The summed E-state index contributed by atoms with van der Waals surface area (Å²) >= 11 is 0. The number of aromatic nitrogens is 1. The molecule has 1 amide bonds. The van der Waals surface area contributed by atoms with Crippen molar-refractivity contribution in [3.63, 3.8) is 0 Å². The number of hydrogen-bond acceptors (Lipinski definition) is 3. The normalized spacial score (nSPS) is 11.4. The van der Waals surface area contributed by atoms with Crippen molar-refractivity contribution in [1.82, 2.24) is 9.88 Å². The Labute approximate surface area is 227 Å². The first-order valence-electron chi connectivity index (χ1n) is 12.4. The Morgan fingerprint density at radius 2 is 1.48 bits per heavy atom. The molecule has 0 unspecified atom stereocenters. The highest BCUT2D eigenvalue weighted by molar-refractivity contribution is 6.09. The average molecular weight is 544 g/mol. The summed E-state index contributed by atoms with van der Waals surface area (Å²) < 4.78 is 41.0. The van der Waals surface area contributed by atoms with E-state index in [0.29, 0.717) is 16.6 Å². The zero-order chi connectivity index (χ0) is 28.3. The standard InChI is InChI=1S/C31H24F3N3O3/c32-31(33,34)23-12-8-21(9-13-23)19-37-17-16-25-27(36-24-4-2-1-3-5-24)15-14-26(28(25)37)29(38)35-18-20-6-10-22(11-7-20)30(39)40/h1-17,36H,18-19H2,(H,35,38)(H,39,40). The molecular weight excluding hydrogens is 519 g/mol. The van der Waals surface area contributed by atoms with Crippen LogP contribution in [0.25, 0.3) is 10.9 Å². The third-order valence-corrected chi connectivity index (χ3v) is 6.51. The van der Waals surface area contributed by atoms with Crippen LogP contribution in [0.2, 0.25) is 0 Å². The van der Waals surface area contributed by atoms with Gasteiger partial charge in [-0.3, -0.25) is 4.79 Å². The van der Waals surface area contributed by atoms with Gasteiger partial charge >= 0.3 is 12.1 Å². The number of para-hydroxylation sites is 1. The Balaban J connectivity index is 1.47. The third kappa shape index (κ3) is 5.83. The van der Waals surface area contributed by atoms with Gasteiger partial charge < -0.3 is 20.3 Å². The van der Waals surface area contributed by atoms with E-state index in [9.17, 15) is 22.8 Å². The van der Waals surface area contributed by atoms with E-state index in [1.807, 2.05) is 47.0 Å². The van der Waals surface area contributed by atoms with Crippen molar-refractivity contribution in [2.24, 2.45) is 0 Å². The Kier molecular flexibility index (Phi) is 7.29. The van der Waals surface area contributed by atoms with Gasteiger partial charge in [0.15, 0.2) is 0 Å². The van der Waals surface area contributed by atoms with Crippen LogP contribution in [-0.2, 0) is 19.3 Å². The van der Waals surface area contributed by atoms with Crippen molar-refractivity contribution in [3.8, 4) is 0 Å². The van der Waals surface area contributed by atoms with Crippen LogP contribution in [0.1, 0.15) is 37.4 Å². The summed E-state index contributed by atoms with van der Waals surface area (Å²) in [5.41, 5.74) is 3.47. The van der Waals surface area contributed by atoms with E-state index in [4.69, 9.17) is 5.11 Å². The van der Waals surface area contributed by atoms with Crippen molar-refractivity contribution in [2.75, 3.05) is 5.32 Å². The molecule has 0 atom stereocenters. The lowest BCUT2D eigenvalue weighted by Gasteiger charge is -2.14. The minimum Gasteiger partial charge on any atom is -0.478 e. The smallest absolute Gasteiger partial charge is 0.416 e. The lowest BCUT2D eigenvalue weighted by Crippen LogP contribution is -2.23. The van der Waals surface area contributed by atoms with Crippen LogP contribution in [-0.4, -0.2) is 21.6 Å². The number of nitrogens with zero attached hydrogens (tertiary/aromatic N) is 1. The molecule has 0 aliphatic rings. The molecular formula is C31H24F3N3O3. The van der Waals surface area contributed by atoms with E-state index in [2.05, 4.69) is 10.6 Å². The predicted octanol–water partition coefficient (Wildman–Crippen LogP) is 7.08. The summed E-state index contributed by atoms with van der Waals surface area (Å²) in [5.74, 6) is -1.37. The van der Waals surface area contributed by atoms with E-state index in [0.717, 1.165) is 34.5 Å². The molecule has 0 saturated heterocycles. The van der Waals surface area contributed by atoms with Gasteiger partial charge in [-0.15, -0.1) is 0 Å². The maximum Gasteiger partial charge on any atom is 0.416 e. The molecule has 5 rings (SSSR count). The fraction of sp³-hybridized carbons (Fsp3) is 0.0968. The lowest BCUT2D eigenvalue weighted by atomic mass is 10.1. The first-order valence-corrected chi connectivity index (χ1v) is 12.4. The van der Waals surface area contributed by atoms with E-state index >= 15 is 0 Å². The van der Waals surface area contributed by atoms with Gasteiger partial charge in [0.2, 0.25) is 0 Å². The summed E-state index contributed by atoms with van der Waals surface area (Å²) in [6, 6.07) is 26.1. The molecule has 9 heteroatoms. The number of carbonyl (C=O) groups is 2. The molecule has 1 heterocycles. The number of amides is 1. The summed E-state index contributed by atoms with van der Waals surface area (Å²) in [6.07, 6.45) is -2.62. The Hall–Kier alpha value is -5.05. The zero-order valence-corrected chi connectivity index (χ0v) is 21.1. The highest BCUT2D eigenvalue weighted by Gasteiger charge is 2.30. The van der Waals surface area contributed by atoms with E-state index < -0.39 is 17.7 Å². The van der Waals surface area contributed by atoms with Crippen LogP contribution < -0.4 is 10.6 Å². The number of fused-ring (bicyclic) bond motifs is 1. The molecule has 0 bridgehead atoms. The second kappa shape index (κ2) is 11.0. The average Bonchev–Trinajstić information content (AvgIpc) is 3.36. The van der Waals surface area contributed by atoms with Gasteiger partial charge in [0, 0.05) is 36.0 Å². The number of alkyl halides is 3. The molecule has 40 heavy (non-hydrogen) atoms. The van der Waals surface area contributed by atoms with Gasteiger partial charge in [-0.05, 0) is 65.7 Å². The highest BCUT2D eigenvalue weighted by Crippen LogP contribution is 2.32. The molecule has 6 nitrogen and oxygen atoms in total. The summed E-state index contributed by atoms with van der Waals surface area (Å²) in [5, 5.41) is 16.1. The number of benzene rings is 4. The lowest BCUT2D eigenvalue weighted by molar-refractivity contribution is -0.137. The number of carbonyl (C=O) groups excluding carboxylic acids is 1. The van der Waals surface area contributed by atoms with E-state index in [1.165, 1.54) is 24.3 Å². The minimum absolute atomic E-state index is 0.152. The fourth-order valence-electron chi connectivity index (χ4n) is 4.46. The van der Waals surface area contributed by atoms with Crippen LogP contribution in [0.5, 0.6) is 0 Å². The second-order valence-electron chi connectivity index (χ2n) is 9.24. The van der Waals surface area contributed by atoms with Gasteiger partial charge in [-0.1, -0.05) is 42.5 Å². The summed E-state index contributed by atoms with van der Waals surface area (Å²) in [4.78, 5) is 24.5. The van der Waals surface area contributed by atoms with Crippen molar-refractivity contribution in [2.45, 2.75) is 19.3 Å². The van der Waals surface area contributed by atoms with Crippen LogP contribution in [0.3, 0.4) is 0 Å². The topological polar surface area (TPSA) is 83.4 Å². The molecule has 0 fully saturated rings. The number of carboxylic acids is 1. The highest BCUT2D eigenvalue weighted by atomic mass is 19.4. The molecule has 0 aliphatic heterocycles. The van der Waals surface area contributed by atoms with Crippen LogP contribution in [0, 0.1) is 0 Å². The third-order valence-electron chi connectivity index (χ3n) is 6.51. The van der Waals surface area contributed by atoms with Crippen molar-refractivity contribution < 1.29 is 27.9 Å². The van der Waals surface area contributed by atoms with Gasteiger partial charge in [0.05, 0.1) is 22.2 Å². The number of halogens is 3. The molecule has 3 N–H and O–H groups in total. The molecule has 0 saturated carbocycles. The molecule has 1 aromatic heterocycles. The van der Waals surface area contributed by atoms with Gasteiger partial charge in [0.1, 0.15) is 0 Å². The first-order chi connectivity index (χ1) is 19.2. The number of carboxylic acid groups (broad SMARTS) is 1. The zero-order valence-electron chi connectivity index (χ0n) is 21.1. The van der Waals surface area contributed by atoms with Crippen LogP contribution >= 0.6 is 0 Å². The Morgan fingerprint density at radius 1 is 0.800 bits per heavy atom. The number of nitrogens with one attached hydrogen (secondary N) is 2. The van der Waals surface area contributed by atoms with Gasteiger partial charge in [-0.25, -0.2) is 4.79 Å². The fourth-order valence-corrected chi connectivity index (χ4v) is 4.46. The summed E-state index contributed by atoms with van der Waals surface area (Å²) in [6.45, 7) is 0.442. The molecule has 5 aromatic rings. The summed E-state index contributed by atoms with van der Waals surface area (Å²) in [7, 11) is 0. The number of anilines is 2. The van der Waals surface area contributed by atoms with Crippen molar-refractivity contribution >= 4 is 34.2 Å². The Bertz CT molecular complexity index is 1660. The van der Waals surface area contributed by atoms with Crippen LogP contribution in [0.15, 0.2) is 103 Å². The molecule has 0 aliphatic carbocycles. The second-order valence-corrected chi connectivity index (χ2v) is 9.24. The maximum absolute atomic E-state index is 13.4. The first kappa shape index (κ1) is 26.6. The monoisotopic (exact) mass is 543 g/mol.